The molecular weight excluding hydrogens is 385 g/mol. The highest BCUT2D eigenvalue weighted by Gasteiger charge is 2.21. The van der Waals surface area contributed by atoms with Crippen LogP contribution in [0.2, 0.25) is 0 Å². The number of aliphatic hydroxyl groups excluding tert-OH is 1. The summed E-state index contributed by atoms with van der Waals surface area (Å²) in [5, 5.41) is 32.8. The minimum Gasteiger partial charge on any atom is -0.494 e. The highest BCUT2D eigenvalue weighted by molar-refractivity contribution is 5.99. The molecular formula is C22H22FN5O2. The van der Waals surface area contributed by atoms with E-state index in [9.17, 15) is 14.8 Å². The maximum atomic E-state index is 14.0. The molecule has 154 valence electrons. The molecule has 30 heavy (non-hydrogen) atoms. The number of nitrogens with zero attached hydrogens (tertiary/aromatic N) is 4. The van der Waals surface area contributed by atoms with Crippen LogP contribution in [0.4, 0.5) is 16.0 Å². The van der Waals surface area contributed by atoms with Crippen molar-refractivity contribution in [1.82, 2.24) is 10.2 Å². The molecule has 0 aliphatic carbocycles. The standard InChI is InChI=1S/C22H22FN5O2/c1-30-20-5-3-15(11-19(20)23)13-25-21-18-10-14(12-24)2-4-17(18)22(27-26-21)28-8-6-16(29)7-9-28/h2-5,10-11,16,29H,6-9,13H2,1H3,(H,25,26). The van der Waals surface area contributed by atoms with Crippen LogP contribution in [0, 0.1) is 17.1 Å². The van der Waals surface area contributed by atoms with E-state index in [1.54, 1.807) is 24.3 Å². The lowest BCUT2D eigenvalue weighted by Crippen LogP contribution is -2.36. The third-order valence-corrected chi connectivity index (χ3v) is 5.33. The Bertz CT molecular complexity index is 1110. The van der Waals surface area contributed by atoms with E-state index in [1.165, 1.54) is 13.2 Å². The summed E-state index contributed by atoms with van der Waals surface area (Å²) < 4.78 is 18.9. The number of halogens is 1. The smallest absolute Gasteiger partial charge is 0.165 e. The summed E-state index contributed by atoms with van der Waals surface area (Å²) in [4.78, 5) is 2.11. The molecule has 1 aromatic heterocycles. The lowest BCUT2D eigenvalue weighted by Gasteiger charge is -2.31. The molecule has 0 radical (unpaired) electrons. The van der Waals surface area contributed by atoms with Crippen LogP contribution in [0.25, 0.3) is 10.8 Å². The molecule has 0 amide bonds. The first-order chi connectivity index (χ1) is 14.6. The number of aliphatic hydroxyl groups is 1. The first-order valence-electron chi connectivity index (χ1n) is 9.79. The van der Waals surface area contributed by atoms with Gasteiger partial charge in [0.05, 0.1) is 24.8 Å². The average Bonchev–Trinajstić information content (AvgIpc) is 2.77. The number of piperidine rings is 1. The molecule has 2 aromatic carbocycles. The van der Waals surface area contributed by atoms with Crippen LogP contribution in [0.5, 0.6) is 5.75 Å². The van der Waals surface area contributed by atoms with Gasteiger partial charge in [-0.3, -0.25) is 0 Å². The predicted octanol–water partition coefficient (Wildman–Crippen LogP) is 3.22. The first-order valence-corrected chi connectivity index (χ1v) is 9.79. The summed E-state index contributed by atoms with van der Waals surface area (Å²) >= 11 is 0. The molecule has 8 heteroatoms. The van der Waals surface area contributed by atoms with Gasteiger partial charge in [-0.25, -0.2) is 4.39 Å². The highest BCUT2D eigenvalue weighted by atomic mass is 19.1. The van der Waals surface area contributed by atoms with Crippen molar-refractivity contribution < 1.29 is 14.2 Å². The second kappa shape index (κ2) is 8.51. The minimum absolute atomic E-state index is 0.193. The number of nitriles is 1. The monoisotopic (exact) mass is 407 g/mol. The average molecular weight is 407 g/mol. The van der Waals surface area contributed by atoms with E-state index in [0.29, 0.717) is 43.9 Å². The van der Waals surface area contributed by atoms with Crippen LogP contribution in [0.3, 0.4) is 0 Å². The van der Waals surface area contributed by atoms with Crippen molar-refractivity contribution in [3.05, 3.63) is 53.3 Å². The minimum atomic E-state index is -0.429. The van der Waals surface area contributed by atoms with E-state index in [1.807, 2.05) is 6.07 Å². The highest BCUT2D eigenvalue weighted by Crippen LogP contribution is 2.31. The van der Waals surface area contributed by atoms with E-state index in [2.05, 4.69) is 26.5 Å². The molecule has 4 rings (SSSR count). The Hall–Kier alpha value is -3.44. The Morgan fingerprint density at radius 3 is 2.70 bits per heavy atom. The van der Waals surface area contributed by atoms with Gasteiger partial charge >= 0.3 is 0 Å². The van der Waals surface area contributed by atoms with Crippen LogP contribution in [-0.4, -0.2) is 41.6 Å². The molecule has 0 atom stereocenters. The summed E-state index contributed by atoms with van der Waals surface area (Å²) in [5.74, 6) is 1.03. The van der Waals surface area contributed by atoms with Crippen molar-refractivity contribution in [3.8, 4) is 11.8 Å². The Morgan fingerprint density at radius 2 is 2.00 bits per heavy atom. The quantitative estimate of drug-likeness (QED) is 0.671. The summed E-state index contributed by atoms with van der Waals surface area (Å²) in [7, 11) is 1.43. The van der Waals surface area contributed by atoms with E-state index in [-0.39, 0.29) is 11.9 Å². The topological polar surface area (TPSA) is 94.3 Å². The van der Waals surface area contributed by atoms with Gasteiger partial charge in [-0.1, -0.05) is 6.07 Å². The number of rotatable bonds is 5. The molecule has 2 heterocycles. The van der Waals surface area contributed by atoms with Gasteiger partial charge in [0.1, 0.15) is 0 Å². The van der Waals surface area contributed by atoms with E-state index in [4.69, 9.17) is 4.74 Å². The van der Waals surface area contributed by atoms with Crippen molar-refractivity contribution in [2.24, 2.45) is 0 Å². The van der Waals surface area contributed by atoms with Crippen LogP contribution in [0.1, 0.15) is 24.0 Å². The molecule has 1 fully saturated rings. The van der Waals surface area contributed by atoms with Gasteiger partial charge in [0.2, 0.25) is 0 Å². The van der Waals surface area contributed by atoms with Gasteiger partial charge in [-0.2, -0.15) is 5.26 Å². The lowest BCUT2D eigenvalue weighted by molar-refractivity contribution is 0.145. The predicted molar refractivity (Wildman–Crippen MR) is 112 cm³/mol. The fourth-order valence-corrected chi connectivity index (χ4v) is 3.66. The molecule has 1 aliphatic rings. The maximum absolute atomic E-state index is 14.0. The summed E-state index contributed by atoms with van der Waals surface area (Å²) in [5.41, 5.74) is 1.25. The summed E-state index contributed by atoms with van der Waals surface area (Å²) in [6.45, 7) is 1.74. The molecule has 1 saturated heterocycles. The maximum Gasteiger partial charge on any atom is 0.165 e. The largest absolute Gasteiger partial charge is 0.494 e. The van der Waals surface area contributed by atoms with E-state index >= 15 is 0 Å². The van der Waals surface area contributed by atoms with Gasteiger partial charge < -0.3 is 20.1 Å². The second-order valence-electron chi connectivity index (χ2n) is 7.29. The Labute approximate surface area is 173 Å². The number of nitrogens with one attached hydrogen (secondary N) is 1. The Kier molecular flexibility index (Phi) is 5.63. The van der Waals surface area contributed by atoms with Crippen LogP contribution in [0.15, 0.2) is 36.4 Å². The lowest BCUT2D eigenvalue weighted by atomic mass is 10.1. The van der Waals surface area contributed by atoms with Crippen molar-refractivity contribution in [3.63, 3.8) is 0 Å². The van der Waals surface area contributed by atoms with Crippen LogP contribution < -0.4 is 15.0 Å². The van der Waals surface area contributed by atoms with Crippen LogP contribution >= 0.6 is 0 Å². The normalized spacial score (nSPS) is 14.5. The van der Waals surface area contributed by atoms with E-state index in [0.717, 1.165) is 22.2 Å². The first kappa shape index (κ1) is 19.9. The molecule has 2 N–H and O–H groups in total. The molecule has 0 unspecified atom stereocenters. The SMILES string of the molecule is COc1ccc(CNc2nnc(N3CCC(O)CC3)c3ccc(C#N)cc23)cc1F. The zero-order valence-corrected chi connectivity index (χ0v) is 16.6. The fraction of sp³-hybridized carbons (Fsp3) is 0.318. The third-order valence-electron chi connectivity index (χ3n) is 5.33. The summed E-state index contributed by atoms with van der Waals surface area (Å²) in [6.07, 6.45) is 1.09. The number of aromatic nitrogens is 2. The van der Waals surface area contributed by atoms with E-state index < -0.39 is 5.82 Å². The molecule has 3 aromatic rings. The van der Waals surface area contributed by atoms with Crippen molar-refractivity contribution in [2.45, 2.75) is 25.5 Å². The Balaban J connectivity index is 1.65. The Morgan fingerprint density at radius 1 is 1.20 bits per heavy atom. The zero-order valence-electron chi connectivity index (χ0n) is 16.6. The number of anilines is 2. The molecule has 0 bridgehead atoms. The number of ether oxygens (including phenoxy) is 1. The van der Waals surface area contributed by atoms with Crippen LogP contribution in [-0.2, 0) is 6.54 Å². The second-order valence-corrected chi connectivity index (χ2v) is 7.29. The van der Waals surface area contributed by atoms with Crippen molar-refractivity contribution in [1.29, 1.82) is 5.26 Å². The molecule has 7 nitrogen and oxygen atoms in total. The number of fused-ring (bicyclic) bond motifs is 1. The fourth-order valence-electron chi connectivity index (χ4n) is 3.66. The van der Waals surface area contributed by atoms with Gasteiger partial charge in [0.25, 0.3) is 0 Å². The van der Waals surface area contributed by atoms with Crippen molar-refractivity contribution >= 4 is 22.4 Å². The van der Waals surface area contributed by atoms with Gasteiger partial charge in [-0.15, -0.1) is 10.2 Å². The molecule has 0 saturated carbocycles. The molecule has 0 spiro atoms. The van der Waals surface area contributed by atoms with Gasteiger partial charge in [-0.05, 0) is 48.7 Å². The number of benzene rings is 2. The van der Waals surface area contributed by atoms with Crippen molar-refractivity contribution in [2.75, 3.05) is 30.4 Å². The third kappa shape index (κ3) is 3.98. The number of hydrogen-bond acceptors (Lipinski definition) is 7. The van der Waals surface area contributed by atoms with Gasteiger partial charge in [0.15, 0.2) is 23.2 Å². The van der Waals surface area contributed by atoms with Gasteiger partial charge in [0, 0.05) is 30.4 Å². The zero-order chi connectivity index (χ0) is 21.1. The number of methoxy groups -OCH3 is 1. The number of hydrogen-bond donors (Lipinski definition) is 2. The summed E-state index contributed by atoms with van der Waals surface area (Å²) in [6, 6.07) is 12.3. The molecule has 1 aliphatic heterocycles.